The molecule has 0 bridgehead atoms. The summed E-state index contributed by atoms with van der Waals surface area (Å²) in [6, 6.07) is 0.405. The van der Waals surface area contributed by atoms with Crippen molar-refractivity contribution in [3.8, 4) is 0 Å². The van der Waals surface area contributed by atoms with Gasteiger partial charge in [0.25, 0.3) is 0 Å². The third-order valence-electron chi connectivity index (χ3n) is 4.43. The van der Waals surface area contributed by atoms with E-state index in [1.807, 2.05) is 20.8 Å². The molecule has 1 aliphatic carbocycles. The van der Waals surface area contributed by atoms with Crippen molar-refractivity contribution >= 4 is 11.9 Å². The molecule has 0 aromatic rings. The van der Waals surface area contributed by atoms with Crippen molar-refractivity contribution in [1.82, 2.24) is 5.32 Å². The first-order valence-corrected chi connectivity index (χ1v) is 8.53. The molecular formula is C17H32N2O4. The summed E-state index contributed by atoms with van der Waals surface area (Å²) < 4.78 is 5.34. The number of hydrogen-bond donors (Lipinski definition) is 3. The van der Waals surface area contributed by atoms with Gasteiger partial charge in [0.05, 0.1) is 6.42 Å². The van der Waals surface area contributed by atoms with Gasteiger partial charge in [-0.25, -0.2) is 0 Å². The number of carbonyl (C=O) groups excluding carboxylic acids is 1. The molecule has 0 aromatic heterocycles. The summed E-state index contributed by atoms with van der Waals surface area (Å²) in [4.78, 5) is 23.2. The molecule has 0 spiro atoms. The Kier molecular flexibility index (Phi) is 7.48. The number of carbonyl (C=O) groups is 2. The summed E-state index contributed by atoms with van der Waals surface area (Å²) in [6.45, 7) is 6.91. The Balaban J connectivity index is 2.56. The molecule has 0 atom stereocenters. The lowest BCUT2D eigenvalue weighted by Gasteiger charge is -2.39. The van der Waals surface area contributed by atoms with Gasteiger partial charge in [0.2, 0.25) is 0 Å². The number of esters is 1. The first-order valence-electron chi connectivity index (χ1n) is 8.53. The van der Waals surface area contributed by atoms with Gasteiger partial charge >= 0.3 is 11.9 Å². The maximum atomic E-state index is 11.9. The molecular weight excluding hydrogens is 296 g/mol. The fraction of sp³-hybridized carbons (Fsp3) is 0.882. The molecule has 0 aromatic carbocycles. The number of hydrogen-bond acceptors (Lipinski definition) is 5. The standard InChI is InChI=1S/C17H32N2O4/c1-16(2,3)23-15(22)6-9-17(12-14(20)21)7-4-13(5-8-17)19-11-10-18/h13,19H,4-12,18H2,1-3H3,(H,20,21). The molecule has 0 unspecified atom stereocenters. The van der Waals surface area contributed by atoms with Gasteiger partial charge in [-0.05, 0) is 58.3 Å². The van der Waals surface area contributed by atoms with E-state index in [1.54, 1.807) is 0 Å². The SMILES string of the molecule is CC(C)(C)OC(=O)CCC1(CC(=O)O)CCC(NCCN)CC1. The molecule has 134 valence electrons. The smallest absolute Gasteiger partial charge is 0.306 e. The minimum Gasteiger partial charge on any atom is -0.481 e. The Morgan fingerprint density at radius 1 is 1.30 bits per heavy atom. The molecule has 1 fully saturated rings. The molecule has 1 rings (SSSR count). The predicted molar refractivity (Wildman–Crippen MR) is 89.1 cm³/mol. The van der Waals surface area contributed by atoms with E-state index in [0.717, 1.165) is 32.2 Å². The van der Waals surface area contributed by atoms with E-state index in [0.29, 0.717) is 19.0 Å². The van der Waals surface area contributed by atoms with Crippen LogP contribution in [0.25, 0.3) is 0 Å². The number of nitrogens with two attached hydrogens (primary N) is 1. The van der Waals surface area contributed by atoms with Crippen LogP contribution in [-0.2, 0) is 14.3 Å². The normalized spacial score (nSPS) is 25.1. The van der Waals surface area contributed by atoms with Crippen LogP contribution in [0.1, 0.15) is 65.7 Å². The Morgan fingerprint density at radius 3 is 2.39 bits per heavy atom. The molecule has 0 aliphatic heterocycles. The topological polar surface area (TPSA) is 102 Å². The van der Waals surface area contributed by atoms with E-state index >= 15 is 0 Å². The summed E-state index contributed by atoms with van der Waals surface area (Å²) in [5.41, 5.74) is 4.72. The summed E-state index contributed by atoms with van der Waals surface area (Å²) in [5.74, 6) is -1.03. The van der Waals surface area contributed by atoms with Crippen molar-refractivity contribution < 1.29 is 19.4 Å². The largest absolute Gasteiger partial charge is 0.481 e. The van der Waals surface area contributed by atoms with Crippen molar-refractivity contribution in [3.63, 3.8) is 0 Å². The first-order chi connectivity index (χ1) is 10.7. The third-order valence-corrected chi connectivity index (χ3v) is 4.43. The zero-order valence-electron chi connectivity index (χ0n) is 14.7. The van der Waals surface area contributed by atoms with Gasteiger partial charge in [0.15, 0.2) is 0 Å². The van der Waals surface area contributed by atoms with Crippen LogP contribution in [0.2, 0.25) is 0 Å². The van der Waals surface area contributed by atoms with Crippen LogP contribution >= 0.6 is 0 Å². The van der Waals surface area contributed by atoms with E-state index in [2.05, 4.69) is 5.32 Å². The molecule has 6 heteroatoms. The summed E-state index contributed by atoms with van der Waals surface area (Å²) in [7, 11) is 0. The average Bonchev–Trinajstić information content (AvgIpc) is 2.42. The highest BCUT2D eigenvalue weighted by Gasteiger charge is 2.37. The Hall–Kier alpha value is -1.14. The van der Waals surface area contributed by atoms with Gasteiger partial charge in [-0.3, -0.25) is 9.59 Å². The first kappa shape index (κ1) is 19.9. The zero-order valence-corrected chi connectivity index (χ0v) is 14.7. The molecule has 6 nitrogen and oxygen atoms in total. The van der Waals surface area contributed by atoms with Gasteiger partial charge in [-0.1, -0.05) is 0 Å². The number of carboxylic acids is 1. The van der Waals surface area contributed by atoms with Crippen molar-refractivity contribution in [2.45, 2.75) is 77.4 Å². The van der Waals surface area contributed by atoms with E-state index in [1.165, 1.54) is 0 Å². The van der Waals surface area contributed by atoms with Gasteiger partial charge < -0.3 is 20.9 Å². The van der Waals surface area contributed by atoms with Gasteiger partial charge in [-0.15, -0.1) is 0 Å². The van der Waals surface area contributed by atoms with Crippen LogP contribution in [0.3, 0.4) is 0 Å². The highest BCUT2D eigenvalue weighted by atomic mass is 16.6. The lowest BCUT2D eigenvalue weighted by atomic mass is 9.68. The van der Waals surface area contributed by atoms with E-state index < -0.39 is 11.6 Å². The van der Waals surface area contributed by atoms with Crippen LogP contribution in [0.4, 0.5) is 0 Å². The number of ether oxygens (including phenoxy) is 1. The molecule has 1 aliphatic rings. The van der Waals surface area contributed by atoms with Crippen LogP contribution in [0, 0.1) is 5.41 Å². The second-order valence-electron chi connectivity index (χ2n) is 7.67. The van der Waals surface area contributed by atoms with Gasteiger partial charge in [0, 0.05) is 25.6 Å². The van der Waals surface area contributed by atoms with Crippen molar-refractivity contribution in [2.75, 3.05) is 13.1 Å². The average molecular weight is 328 g/mol. The Labute approximate surface area is 139 Å². The van der Waals surface area contributed by atoms with E-state index in [-0.39, 0.29) is 24.2 Å². The molecule has 4 N–H and O–H groups in total. The highest BCUT2D eigenvalue weighted by molar-refractivity contribution is 5.70. The number of nitrogens with one attached hydrogen (secondary N) is 1. The molecule has 0 radical (unpaired) electrons. The molecule has 0 saturated heterocycles. The minimum atomic E-state index is -0.789. The van der Waals surface area contributed by atoms with Gasteiger partial charge in [0.1, 0.15) is 5.60 Å². The van der Waals surface area contributed by atoms with Crippen molar-refractivity contribution in [1.29, 1.82) is 0 Å². The lowest BCUT2D eigenvalue weighted by molar-refractivity contribution is -0.156. The Bertz CT molecular complexity index is 396. The summed E-state index contributed by atoms with van der Waals surface area (Å²) in [5, 5.41) is 12.6. The van der Waals surface area contributed by atoms with Crippen LogP contribution in [-0.4, -0.2) is 41.8 Å². The van der Waals surface area contributed by atoms with Crippen molar-refractivity contribution in [2.24, 2.45) is 11.1 Å². The van der Waals surface area contributed by atoms with E-state index in [4.69, 9.17) is 10.5 Å². The van der Waals surface area contributed by atoms with Crippen LogP contribution in [0.5, 0.6) is 0 Å². The molecule has 1 saturated carbocycles. The quantitative estimate of drug-likeness (QED) is 0.590. The maximum Gasteiger partial charge on any atom is 0.306 e. The highest BCUT2D eigenvalue weighted by Crippen LogP contribution is 2.43. The predicted octanol–water partition coefficient (Wildman–Crippen LogP) is 2.06. The van der Waals surface area contributed by atoms with Gasteiger partial charge in [-0.2, -0.15) is 0 Å². The molecule has 23 heavy (non-hydrogen) atoms. The lowest BCUT2D eigenvalue weighted by Crippen LogP contribution is -2.40. The summed E-state index contributed by atoms with van der Waals surface area (Å²) >= 11 is 0. The van der Waals surface area contributed by atoms with Crippen LogP contribution < -0.4 is 11.1 Å². The minimum absolute atomic E-state index is 0.124. The van der Waals surface area contributed by atoms with Crippen molar-refractivity contribution in [3.05, 3.63) is 0 Å². The number of carboxylic acid groups (broad SMARTS) is 1. The second-order valence-corrected chi connectivity index (χ2v) is 7.67. The monoisotopic (exact) mass is 328 g/mol. The number of aliphatic carboxylic acids is 1. The third kappa shape index (κ3) is 7.79. The molecule has 0 amide bonds. The maximum absolute atomic E-state index is 11.9. The number of rotatable bonds is 8. The second kappa shape index (κ2) is 8.64. The Morgan fingerprint density at radius 2 is 1.91 bits per heavy atom. The fourth-order valence-corrected chi connectivity index (χ4v) is 3.32. The summed E-state index contributed by atoms with van der Waals surface area (Å²) in [6.07, 6.45) is 4.50. The zero-order chi connectivity index (χ0) is 17.5. The fourth-order valence-electron chi connectivity index (χ4n) is 3.32. The molecule has 0 heterocycles. The van der Waals surface area contributed by atoms with Crippen LogP contribution in [0.15, 0.2) is 0 Å². The van der Waals surface area contributed by atoms with E-state index in [9.17, 15) is 14.7 Å².